The van der Waals surface area contributed by atoms with Gasteiger partial charge in [0.1, 0.15) is 21.8 Å². The molecule has 1 aromatic carbocycles. The van der Waals surface area contributed by atoms with Gasteiger partial charge in [0.15, 0.2) is 5.65 Å². The van der Waals surface area contributed by atoms with Crippen LogP contribution in [0.1, 0.15) is 19.0 Å². The van der Waals surface area contributed by atoms with Crippen molar-refractivity contribution < 1.29 is 9.18 Å². The highest BCUT2D eigenvalue weighted by Gasteiger charge is 2.20. The molecule has 1 amide bonds. The van der Waals surface area contributed by atoms with Crippen LogP contribution in [-0.2, 0) is 4.79 Å². The van der Waals surface area contributed by atoms with Crippen LogP contribution in [0.25, 0.3) is 22.5 Å². The molecule has 0 saturated carbocycles. The molecule has 3 aromatic rings. The zero-order valence-corrected chi connectivity index (χ0v) is 15.7. The molecule has 0 N–H and O–H groups in total. The first-order valence-corrected chi connectivity index (χ1v) is 9.07. The van der Waals surface area contributed by atoms with Gasteiger partial charge in [0.25, 0.3) is 0 Å². The molecule has 4 rings (SSSR count). The standard InChI is InChI=1S/C19H16BrFN4O/c1-12(26)24-9-6-14(7-10-24)17-19-23-16(13-2-4-15(21)5-3-13)18(20)25(19)11-8-22-17/h2-6,8,11H,7,9-10H2,1H3. The minimum atomic E-state index is -0.279. The lowest BCUT2D eigenvalue weighted by atomic mass is 10.0. The van der Waals surface area contributed by atoms with E-state index in [-0.39, 0.29) is 11.7 Å². The predicted octanol–water partition coefficient (Wildman–Crippen LogP) is 3.93. The summed E-state index contributed by atoms with van der Waals surface area (Å²) in [5, 5.41) is 0. The molecule has 132 valence electrons. The van der Waals surface area contributed by atoms with Crippen LogP contribution in [0, 0.1) is 5.82 Å². The number of hydrogen-bond acceptors (Lipinski definition) is 3. The molecular formula is C19H16BrFN4O. The van der Waals surface area contributed by atoms with E-state index in [2.05, 4.69) is 20.9 Å². The van der Waals surface area contributed by atoms with E-state index in [1.165, 1.54) is 12.1 Å². The maximum Gasteiger partial charge on any atom is 0.219 e. The number of fused-ring (bicyclic) bond motifs is 1. The SMILES string of the molecule is CC(=O)N1CC=C(c2nccn3c(Br)c(-c4ccc(F)cc4)nc23)CC1. The third-order valence-electron chi connectivity index (χ3n) is 4.56. The molecular weight excluding hydrogens is 399 g/mol. The third-order valence-corrected chi connectivity index (χ3v) is 5.32. The molecule has 0 bridgehead atoms. The Labute approximate surface area is 158 Å². The predicted molar refractivity (Wildman–Crippen MR) is 101 cm³/mol. The van der Waals surface area contributed by atoms with Gasteiger partial charge in [-0.2, -0.15) is 0 Å². The Balaban J connectivity index is 1.79. The van der Waals surface area contributed by atoms with E-state index < -0.39 is 0 Å². The average molecular weight is 415 g/mol. The van der Waals surface area contributed by atoms with E-state index in [9.17, 15) is 9.18 Å². The van der Waals surface area contributed by atoms with Gasteiger partial charge in [0, 0.05) is 38.0 Å². The third kappa shape index (κ3) is 2.92. The summed E-state index contributed by atoms with van der Waals surface area (Å²) in [4.78, 5) is 22.6. The van der Waals surface area contributed by atoms with Gasteiger partial charge in [-0.15, -0.1) is 0 Å². The maximum absolute atomic E-state index is 13.2. The molecule has 0 aliphatic carbocycles. The number of carbonyl (C=O) groups excluding carboxylic acids is 1. The lowest BCUT2D eigenvalue weighted by molar-refractivity contribution is -0.128. The van der Waals surface area contributed by atoms with Crippen LogP contribution in [0.5, 0.6) is 0 Å². The molecule has 0 atom stereocenters. The second kappa shape index (κ2) is 6.64. The van der Waals surface area contributed by atoms with Crippen molar-refractivity contribution in [2.75, 3.05) is 13.1 Å². The molecule has 0 fully saturated rings. The van der Waals surface area contributed by atoms with Gasteiger partial charge in [-0.1, -0.05) is 6.08 Å². The van der Waals surface area contributed by atoms with Gasteiger partial charge in [-0.3, -0.25) is 14.2 Å². The molecule has 0 radical (unpaired) electrons. The highest BCUT2D eigenvalue weighted by molar-refractivity contribution is 9.10. The smallest absolute Gasteiger partial charge is 0.219 e. The highest BCUT2D eigenvalue weighted by atomic mass is 79.9. The van der Waals surface area contributed by atoms with Crippen LogP contribution in [0.15, 0.2) is 47.3 Å². The summed E-state index contributed by atoms with van der Waals surface area (Å²) in [5.74, 6) is -0.202. The summed E-state index contributed by atoms with van der Waals surface area (Å²) in [7, 11) is 0. The number of amides is 1. The molecule has 0 saturated heterocycles. The summed E-state index contributed by atoms with van der Waals surface area (Å²) < 4.78 is 15.9. The van der Waals surface area contributed by atoms with Gasteiger partial charge < -0.3 is 4.90 Å². The van der Waals surface area contributed by atoms with Crippen LogP contribution in [-0.4, -0.2) is 38.3 Å². The second-order valence-corrected chi connectivity index (χ2v) is 6.92. The normalized spacial score (nSPS) is 14.6. The van der Waals surface area contributed by atoms with Crippen LogP contribution in [0.2, 0.25) is 0 Å². The average Bonchev–Trinajstić information content (AvgIpc) is 2.99. The van der Waals surface area contributed by atoms with E-state index in [4.69, 9.17) is 4.98 Å². The van der Waals surface area contributed by atoms with E-state index in [1.54, 1.807) is 30.2 Å². The maximum atomic E-state index is 13.2. The summed E-state index contributed by atoms with van der Waals surface area (Å²) in [6, 6.07) is 6.26. The van der Waals surface area contributed by atoms with Crippen molar-refractivity contribution in [3.63, 3.8) is 0 Å². The number of rotatable bonds is 2. The summed E-state index contributed by atoms with van der Waals surface area (Å²) in [5.41, 5.74) is 4.19. The monoisotopic (exact) mass is 414 g/mol. The summed E-state index contributed by atoms with van der Waals surface area (Å²) >= 11 is 3.60. The number of hydrogen-bond donors (Lipinski definition) is 0. The Morgan fingerprint density at radius 2 is 2.00 bits per heavy atom. The van der Waals surface area contributed by atoms with Gasteiger partial charge in [-0.25, -0.2) is 9.37 Å². The van der Waals surface area contributed by atoms with Crippen LogP contribution in [0.4, 0.5) is 4.39 Å². The molecule has 3 heterocycles. The lowest BCUT2D eigenvalue weighted by Gasteiger charge is -2.25. The number of carbonyl (C=O) groups is 1. The largest absolute Gasteiger partial charge is 0.339 e. The Bertz CT molecular complexity index is 1030. The fourth-order valence-corrected chi connectivity index (χ4v) is 3.74. The van der Waals surface area contributed by atoms with Crippen molar-refractivity contribution in [2.24, 2.45) is 0 Å². The highest BCUT2D eigenvalue weighted by Crippen LogP contribution is 2.32. The molecule has 26 heavy (non-hydrogen) atoms. The van der Waals surface area contributed by atoms with Crippen molar-refractivity contribution in [1.82, 2.24) is 19.3 Å². The first kappa shape index (κ1) is 16.9. The zero-order valence-electron chi connectivity index (χ0n) is 14.1. The molecule has 0 unspecified atom stereocenters. The molecule has 0 spiro atoms. The number of halogens is 2. The first-order chi connectivity index (χ1) is 12.5. The number of imidazole rings is 1. The topological polar surface area (TPSA) is 50.5 Å². The molecule has 1 aliphatic heterocycles. The molecule has 5 nitrogen and oxygen atoms in total. The van der Waals surface area contributed by atoms with Gasteiger partial charge in [-0.05, 0) is 52.2 Å². The van der Waals surface area contributed by atoms with E-state index >= 15 is 0 Å². The Morgan fingerprint density at radius 3 is 2.65 bits per heavy atom. The van der Waals surface area contributed by atoms with Gasteiger partial charge in [0.05, 0.1) is 0 Å². The summed E-state index contributed by atoms with van der Waals surface area (Å²) in [6.07, 6.45) is 6.35. The molecule has 2 aromatic heterocycles. The van der Waals surface area contributed by atoms with E-state index in [0.29, 0.717) is 13.1 Å². The zero-order chi connectivity index (χ0) is 18.3. The minimum Gasteiger partial charge on any atom is -0.339 e. The minimum absolute atomic E-state index is 0.0774. The van der Waals surface area contributed by atoms with Gasteiger partial charge in [0.2, 0.25) is 5.91 Å². The lowest BCUT2D eigenvalue weighted by Crippen LogP contribution is -2.32. The Morgan fingerprint density at radius 1 is 1.23 bits per heavy atom. The molecule has 1 aliphatic rings. The van der Waals surface area contributed by atoms with Crippen LogP contribution >= 0.6 is 15.9 Å². The van der Waals surface area contributed by atoms with E-state index in [0.717, 1.165) is 39.2 Å². The fourth-order valence-electron chi connectivity index (χ4n) is 3.14. The van der Waals surface area contributed by atoms with Crippen molar-refractivity contribution in [3.05, 3.63) is 58.8 Å². The van der Waals surface area contributed by atoms with Crippen LogP contribution < -0.4 is 0 Å². The van der Waals surface area contributed by atoms with Crippen molar-refractivity contribution in [2.45, 2.75) is 13.3 Å². The number of benzene rings is 1. The second-order valence-electron chi connectivity index (χ2n) is 6.17. The molecule has 7 heteroatoms. The number of nitrogens with zero attached hydrogens (tertiary/aromatic N) is 4. The van der Waals surface area contributed by atoms with Crippen LogP contribution in [0.3, 0.4) is 0 Å². The quantitative estimate of drug-likeness (QED) is 0.638. The van der Waals surface area contributed by atoms with Crippen molar-refractivity contribution in [1.29, 1.82) is 0 Å². The van der Waals surface area contributed by atoms with E-state index in [1.807, 2.05) is 16.7 Å². The first-order valence-electron chi connectivity index (χ1n) is 8.28. The Hall–Kier alpha value is -2.54. The summed E-state index contributed by atoms with van der Waals surface area (Å²) in [6.45, 7) is 2.84. The van der Waals surface area contributed by atoms with Crippen molar-refractivity contribution in [3.8, 4) is 11.3 Å². The fraction of sp³-hybridized carbons (Fsp3) is 0.211. The number of aromatic nitrogens is 3. The van der Waals surface area contributed by atoms with Crippen molar-refractivity contribution >= 4 is 33.1 Å². The Kier molecular flexibility index (Phi) is 4.32. The van der Waals surface area contributed by atoms with Gasteiger partial charge >= 0.3 is 0 Å².